The van der Waals surface area contributed by atoms with Crippen LogP contribution in [0.1, 0.15) is 32.3 Å². The topological polar surface area (TPSA) is 67.9 Å². The van der Waals surface area contributed by atoms with Crippen LogP contribution in [0.4, 0.5) is 5.69 Å². The molecule has 2 aromatic rings. The number of hydrogen-bond acceptors (Lipinski definition) is 5. The van der Waals surface area contributed by atoms with Crippen LogP contribution >= 0.6 is 0 Å². The minimum absolute atomic E-state index is 0.279. The van der Waals surface area contributed by atoms with Gasteiger partial charge in [0.2, 0.25) is 0 Å². The van der Waals surface area contributed by atoms with E-state index in [2.05, 4.69) is 5.32 Å². The first-order valence-electron chi connectivity index (χ1n) is 9.83. The quantitative estimate of drug-likeness (QED) is 0.649. The SMILES string of the molecule is CCCOc1cccc(NC2=C(c3ccc(OC)cc3)C(=O)N(CCC)C2=O)c1. The molecule has 1 heterocycles. The van der Waals surface area contributed by atoms with Gasteiger partial charge in [0.1, 0.15) is 17.2 Å². The van der Waals surface area contributed by atoms with Gasteiger partial charge in [-0.1, -0.05) is 32.0 Å². The number of amides is 2. The highest BCUT2D eigenvalue weighted by Crippen LogP contribution is 2.32. The summed E-state index contributed by atoms with van der Waals surface area (Å²) in [6.45, 7) is 4.97. The lowest BCUT2D eigenvalue weighted by molar-refractivity contribution is -0.136. The van der Waals surface area contributed by atoms with Crippen molar-refractivity contribution in [1.82, 2.24) is 4.90 Å². The standard InChI is InChI=1S/C23H26N2O4/c1-4-13-25-22(26)20(16-9-11-18(28-3)12-10-16)21(23(25)27)24-17-7-6-8-19(15-17)29-14-5-2/h6-12,15,24H,4-5,13-14H2,1-3H3. The number of nitrogens with one attached hydrogen (secondary N) is 1. The van der Waals surface area contributed by atoms with Crippen molar-refractivity contribution in [3.8, 4) is 11.5 Å². The predicted molar refractivity (Wildman–Crippen MR) is 113 cm³/mol. The van der Waals surface area contributed by atoms with Crippen molar-refractivity contribution in [2.24, 2.45) is 0 Å². The van der Waals surface area contributed by atoms with E-state index in [1.54, 1.807) is 31.4 Å². The van der Waals surface area contributed by atoms with E-state index >= 15 is 0 Å². The fourth-order valence-electron chi connectivity index (χ4n) is 3.17. The number of carbonyl (C=O) groups is 2. The van der Waals surface area contributed by atoms with E-state index in [0.29, 0.717) is 47.9 Å². The van der Waals surface area contributed by atoms with Crippen molar-refractivity contribution in [3.63, 3.8) is 0 Å². The zero-order valence-corrected chi connectivity index (χ0v) is 17.0. The zero-order valence-electron chi connectivity index (χ0n) is 17.0. The van der Waals surface area contributed by atoms with Crippen molar-refractivity contribution in [1.29, 1.82) is 0 Å². The third-order valence-electron chi connectivity index (χ3n) is 4.57. The van der Waals surface area contributed by atoms with Crippen LogP contribution in [0.15, 0.2) is 54.2 Å². The molecule has 2 aromatic carbocycles. The van der Waals surface area contributed by atoms with Crippen molar-refractivity contribution in [3.05, 3.63) is 59.8 Å². The van der Waals surface area contributed by atoms with E-state index in [1.165, 1.54) is 4.90 Å². The smallest absolute Gasteiger partial charge is 0.278 e. The Morgan fingerprint density at radius 3 is 2.34 bits per heavy atom. The first-order valence-corrected chi connectivity index (χ1v) is 9.83. The average molecular weight is 394 g/mol. The van der Waals surface area contributed by atoms with E-state index in [1.807, 2.05) is 38.1 Å². The zero-order chi connectivity index (χ0) is 20.8. The van der Waals surface area contributed by atoms with Gasteiger partial charge in [-0.25, -0.2) is 0 Å². The molecule has 0 bridgehead atoms. The van der Waals surface area contributed by atoms with Gasteiger partial charge < -0.3 is 14.8 Å². The third kappa shape index (κ3) is 4.42. The first-order chi connectivity index (χ1) is 14.1. The van der Waals surface area contributed by atoms with Gasteiger partial charge in [-0.3, -0.25) is 14.5 Å². The highest BCUT2D eigenvalue weighted by Gasteiger charge is 2.38. The summed E-state index contributed by atoms with van der Waals surface area (Å²) >= 11 is 0. The van der Waals surface area contributed by atoms with Crippen LogP contribution in [0.3, 0.4) is 0 Å². The van der Waals surface area contributed by atoms with Gasteiger partial charge >= 0.3 is 0 Å². The van der Waals surface area contributed by atoms with Crippen molar-refractivity contribution >= 4 is 23.1 Å². The Labute approximate surface area is 171 Å². The van der Waals surface area contributed by atoms with Crippen LogP contribution in [-0.4, -0.2) is 37.0 Å². The van der Waals surface area contributed by atoms with Crippen LogP contribution in [0.5, 0.6) is 11.5 Å². The van der Waals surface area contributed by atoms with Crippen molar-refractivity contribution in [2.75, 3.05) is 25.6 Å². The number of rotatable bonds is 9. The molecular formula is C23H26N2O4. The molecule has 1 N–H and O–H groups in total. The van der Waals surface area contributed by atoms with E-state index in [-0.39, 0.29) is 17.5 Å². The second-order valence-corrected chi connectivity index (χ2v) is 6.74. The van der Waals surface area contributed by atoms with Crippen molar-refractivity contribution < 1.29 is 19.1 Å². The maximum atomic E-state index is 13.0. The number of hydrogen-bond donors (Lipinski definition) is 1. The Hall–Kier alpha value is -3.28. The highest BCUT2D eigenvalue weighted by atomic mass is 16.5. The summed E-state index contributed by atoms with van der Waals surface area (Å²) in [7, 11) is 1.59. The summed E-state index contributed by atoms with van der Waals surface area (Å²) in [6.07, 6.45) is 1.60. The Bertz CT molecular complexity index is 919. The van der Waals surface area contributed by atoms with E-state index in [4.69, 9.17) is 9.47 Å². The molecule has 6 nitrogen and oxygen atoms in total. The van der Waals surface area contributed by atoms with E-state index < -0.39 is 0 Å². The van der Waals surface area contributed by atoms with Crippen LogP contribution in [-0.2, 0) is 9.59 Å². The molecule has 0 radical (unpaired) electrons. The molecule has 0 atom stereocenters. The van der Waals surface area contributed by atoms with Gasteiger partial charge in [0.15, 0.2) is 0 Å². The summed E-state index contributed by atoms with van der Waals surface area (Å²) < 4.78 is 10.9. The molecule has 0 unspecified atom stereocenters. The van der Waals surface area contributed by atoms with E-state index in [0.717, 1.165) is 6.42 Å². The number of ether oxygens (including phenoxy) is 2. The normalized spacial score (nSPS) is 13.8. The highest BCUT2D eigenvalue weighted by molar-refractivity contribution is 6.36. The number of nitrogens with zero attached hydrogens (tertiary/aromatic N) is 1. The number of anilines is 1. The van der Waals surface area contributed by atoms with Gasteiger partial charge in [0, 0.05) is 18.3 Å². The van der Waals surface area contributed by atoms with Gasteiger partial charge in [-0.15, -0.1) is 0 Å². The molecule has 0 aliphatic carbocycles. The molecule has 152 valence electrons. The maximum absolute atomic E-state index is 13.0. The molecular weight excluding hydrogens is 368 g/mol. The number of carbonyl (C=O) groups excluding carboxylic acids is 2. The molecule has 6 heteroatoms. The Balaban J connectivity index is 1.98. The summed E-state index contributed by atoms with van der Waals surface area (Å²) in [5.74, 6) is 0.794. The van der Waals surface area contributed by atoms with Crippen LogP contribution in [0.2, 0.25) is 0 Å². The summed E-state index contributed by atoms with van der Waals surface area (Å²) in [6, 6.07) is 14.5. The molecule has 0 saturated heterocycles. The predicted octanol–water partition coefficient (Wildman–Crippen LogP) is 4.09. The Morgan fingerprint density at radius 1 is 0.931 bits per heavy atom. The average Bonchev–Trinajstić information content (AvgIpc) is 2.97. The molecule has 0 spiro atoms. The number of benzene rings is 2. The first kappa shape index (κ1) is 20.5. The second-order valence-electron chi connectivity index (χ2n) is 6.74. The minimum atomic E-state index is -0.317. The lowest BCUT2D eigenvalue weighted by Crippen LogP contribution is -2.33. The molecule has 29 heavy (non-hydrogen) atoms. The van der Waals surface area contributed by atoms with E-state index in [9.17, 15) is 9.59 Å². The molecule has 3 rings (SSSR count). The second kappa shape index (κ2) is 9.28. The lowest BCUT2D eigenvalue weighted by atomic mass is 10.0. The Kier molecular flexibility index (Phi) is 6.54. The van der Waals surface area contributed by atoms with Crippen molar-refractivity contribution in [2.45, 2.75) is 26.7 Å². The van der Waals surface area contributed by atoms with Gasteiger partial charge in [0.05, 0.1) is 19.3 Å². The Morgan fingerprint density at radius 2 is 1.69 bits per heavy atom. The monoisotopic (exact) mass is 394 g/mol. The fourth-order valence-corrected chi connectivity index (χ4v) is 3.17. The summed E-state index contributed by atoms with van der Waals surface area (Å²) in [5.41, 5.74) is 2.01. The van der Waals surface area contributed by atoms with Gasteiger partial charge in [-0.2, -0.15) is 0 Å². The number of methoxy groups -OCH3 is 1. The largest absolute Gasteiger partial charge is 0.497 e. The van der Waals surface area contributed by atoms with Crippen LogP contribution in [0, 0.1) is 0 Å². The maximum Gasteiger partial charge on any atom is 0.278 e. The fraction of sp³-hybridized carbons (Fsp3) is 0.304. The number of imide groups is 1. The van der Waals surface area contributed by atoms with Gasteiger partial charge in [-0.05, 0) is 42.7 Å². The molecule has 0 fully saturated rings. The van der Waals surface area contributed by atoms with Crippen LogP contribution in [0.25, 0.3) is 5.57 Å². The third-order valence-corrected chi connectivity index (χ3v) is 4.57. The molecule has 2 amide bonds. The molecule has 1 aliphatic rings. The van der Waals surface area contributed by atoms with Gasteiger partial charge in [0.25, 0.3) is 11.8 Å². The lowest BCUT2D eigenvalue weighted by Gasteiger charge is -2.14. The molecule has 1 aliphatic heterocycles. The van der Waals surface area contributed by atoms with Crippen LogP contribution < -0.4 is 14.8 Å². The minimum Gasteiger partial charge on any atom is -0.497 e. The summed E-state index contributed by atoms with van der Waals surface area (Å²) in [5, 5.41) is 3.16. The summed E-state index contributed by atoms with van der Waals surface area (Å²) in [4.78, 5) is 27.3. The molecule has 0 aromatic heterocycles. The molecule has 0 saturated carbocycles.